The van der Waals surface area contributed by atoms with Gasteiger partial charge in [0.15, 0.2) is 12.4 Å². The van der Waals surface area contributed by atoms with Gasteiger partial charge in [0.2, 0.25) is 0 Å². The molecular weight excluding hydrogens is 294 g/mol. The summed E-state index contributed by atoms with van der Waals surface area (Å²) < 4.78 is 10.6. The highest BCUT2D eigenvalue weighted by molar-refractivity contribution is 5.72. The lowest BCUT2D eigenvalue weighted by Gasteiger charge is -2.04. The smallest absolute Gasteiger partial charge is 0.341 e. The summed E-state index contributed by atoms with van der Waals surface area (Å²) in [5, 5.41) is 12.8. The third-order valence-corrected chi connectivity index (χ3v) is 3.45. The van der Waals surface area contributed by atoms with Crippen molar-refractivity contribution in [1.82, 2.24) is 5.16 Å². The van der Waals surface area contributed by atoms with Gasteiger partial charge in [0, 0.05) is 16.7 Å². The molecule has 0 radical (unpaired) electrons. The lowest BCUT2D eigenvalue weighted by atomic mass is 10.0. The summed E-state index contributed by atoms with van der Waals surface area (Å²) in [6, 6.07) is 16.9. The molecule has 116 valence electrons. The third-order valence-electron chi connectivity index (χ3n) is 3.45. The molecule has 0 bridgehead atoms. The first kappa shape index (κ1) is 14.8. The molecule has 1 N–H and O–H groups in total. The first-order valence-electron chi connectivity index (χ1n) is 7.12. The van der Waals surface area contributed by atoms with Gasteiger partial charge in [0.25, 0.3) is 0 Å². The number of rotatable bonds is 5. The average molecular weight is 309 g/mol. The maximum absolute atomic E-state index is 10.5. The van der Waals surface area contributed by atoms with E-state index in [9.17, 15) is 4.79 Å². The summed E-state index contributed by atoms with van der Waals surface area (Å²) in [4.78, 5) is 10.5. The van der Waals surface area contributed by atoms with E-state index in [-0.39, 0.29) is 6.61 Å². The normalized spacial score (nSPS) is 10.5. The highest BCUT2D eigenvalue weighted by atomic mass is 16.5. The lowest BCUT2D eigenvalue weighted by molar-refractivity contribution is -0.139. The number of carboxylic acids is 1. The van der Waals surface area contributed by atoms with E-state index in [1.54, 1.807) is 12.1 Å². The monoisotopic (exact) mass is 309 g/mol. The van der Waals surface area contributed by atoms with Gasteiger partial charge in [-0.25, -0.2) is 4.79 Å². The van der Waals surface area contributed by atoms with E-state index in [0.29, 0.717) is 5.75 Å². The molecule has 0 fully saturated rings. The second-order valence-electron chi connectivity index (χ2n) is 5.06. The summed E-state index contributed by atoms with van der Waals surface area (Å²) >= 11 is 0. The maximum Gasteiger partial charge on any atom is 0.341 e. The Morgan fingerprint density at radius 2 is 1.78 bits per heavy atom. The molecular formula is C18H15NO4. The Hall–Kier alpha value is -3.08. The molecule has 2 aromatic carbocycles. The van der Waals surface area contributed by atoms with Crippen LogP contribution in [0.15, 0.2) is 59.1 Å². The molecule has 3 aromatic rings. The van der Waals surface area contributed by atoms with Gasteiger partial charge < -0.3 is 14.4 Å². The highest BCUT2D eigenvalue weighted by Crippen LogP contribution is 2.32. The summed E-state index contributed by atoms with van der Waals surface area (Å²) in [5.41, 5.74) is 3.57. The van der Waals surface area contributed by atoms with Gasteiger partial charge in [-0.1, -0.05) is 35.5 Å². The molecule has 0 aliphatic rings. The highest BCUT2D eigenvalue weighted by Gasteiger charge is 2.15. The van der Waals surface area contributed by atoms with Crippen molar-refractivity contribution in [3.63, 3.8) is 0 Å². The number of ether oxygens (including phenoxy) is 1. The van der Waals surface area contributed by atoms with Crippen LogP contribution in [0.25, 0.3) is 22.6 Å². The summed E-state index contributed by atoms with van der Waals surface area (Å²) in [5.74, 6) is 0.237. The van der Waals surface area contributed by atoms with Crippen LogP contribution in [-0.2, 0) is 4.79 Å². The number of carbonyl (C=O) groups is 1. The van der Waals surface area contributed by atoms with Crippen molar-refractivity contribution < 1.29 is 19.2 Å². The van der Waals surface area contributed by atoms with Crippen LogP contribution in [-0.4, -0.2) is 22.8 Å². The first-order chi connectivity index (χ1) is 11.1. The molecule has 5 nitrogen and oxygen atoms in total. The van der Waals surface area contributed by atoms with Gasteiger partial charge in [-0.2, -0.15) is 0 Å². The summed E-state index contributed by atoms with van der Waals surface area (Å²) in [7, 11) is 0. The molecule has 0 saturated carbocycles. The molecule has 5 heteroatoms. The fourth-order valence-corrected chi connectivity index (χ4v) is 2.32. The Labute approximate surface area is 133 Å². The number of carboxylic acid groups (broad SMARTS) is 1. The quantitative estimate of drug-likeness (QED) is 0.776. The SMILES string of the molecule is Cc1c(-c2ccc(OCC(=O)O)cc2)noc1-c1ccccc1. The van der Waals surface area contributed by atoms with Crippen molar-refractivity contribution in [1.29, 1.82) is 0 Å². The molecule has 0 saturated heterocycles. The Bertz CT molecular complexity index is 807. The van der Waals surface area contributed by atoms with Crippen LogP contribution in [0.1, 0.15) is 5.56 Å². The Morgan fingerprint density at radius 3 is 2.43 bits per heavy atom. The van der Waals surface area contributed by atoms with E-state index in [1.807, 2.05) is 49.4 Å². The first-order valence-corrected chi connectivity index (χ1v) is 7.12. The van der Waals surface area contributed by atoms with Crippen LogP contribution in [0.3, 0.4) is 0 Å². The van der Waals surface area contributed by atoms with Crippen molar-refractivity contribution in [3.05, 3.63) is 60.2 Å². The van der Waals surface area contributed by atoms with Crippen LogP contribution in [0.4, 0.5) is 0 Å². The minimum atomic E-state index is -1.01. The molecule has 0 spiro atoms. The molecule has 3 rings (SSSR count). The standard InChI is InChI=1S/C18H15NO4/c1-12-17(19-23-18(12)14-5-3-2-4-6-14)13-7-9-15(10-8-13)22-11-16(20)21/h2-10H,11H2,1H3,(H,20,21). The van der Waals surface area contributed by atoms with Crippen molar-refractivity contribution in [2.45, 2.75) is 6.92 Å². The van der Waals surface area contributed by atoms with Gasteiger partial charge in [-0.05, 0) is 31.2 Å². The van der Waals surface area contributed by atoms with Gasteiger partial charge in [0.1, 0.15) is 11.4 Å². The average Bonchev–Trinajstić information content (AvgIpc) is 2.96. The predicted octanol–water partition coefficient (Wildman–Crippen LogP) is 3.78. The molecule has 0 aliphatic heterocycles. The minimum absolute atomic E-state index is 0.361. The van der Waals surface area contributed by atoms with Gasteiger partial charge in [-0.15, -0.1) is 0 Å². The number of benzene rings is 2. The maximum atomic E-state index is 10.5. The van der Waals surface area contributed by atoms with Crippen molar-refractivity contribution in [3.8, 4) is 28.3 Å². The lowest BCUT2D eigenvalue weighted by Crippen LogP contribution is -2.09. The number of nitrogens with zero attached hydrogens (tertiary/aromatic N) is 1. The Balaban J connectivity index is 1.85. The number of aromatic nitrogens is 1. The summed E-state index contributed by atoms with van der Waals surface area (Å²) in [6.07, 6.45) is 0. The molecule has 23 heavy (non-hydrogen) atoms. The predicted molar refractivity (Wildman–Crippen MR) is 85.2 cm³/mol. The van der Waals surface area contributed by atoms with Crippen LogP contribution in [0.5, 0.6) is 5.75 Å². The van der Waals surface area contributed by atoms with E-state index in [1.165, 1.54) is 0 Å². The van der Waals surface area contributed by atoms with E-state index in [4.69, 9.17) is 14.4 Å². The zero-order valence-corrected chi connectivity index (χ0v) is 12.5. The molecule has 1 heterocycles. The Kier molecular flexibility index (Phi) is 4.10. The molecule has 0 unspecified atom stereocenters. The van der Waals surface area contributed by atoms with Crippen LogP contribution < -0.4 is 4.74 Å². The van der Waals surface area contributed by atoms with E-state index in [0.717, 1.165) is 28.1 Å². The van der Waals surface area contributed by atoms with Crippen LogP contribution in [0, 0.1) is 6.92 Å². The van der Waals surface area contributed by atoms with Crippen molar-refractivity contribution in [2.24, 2.45) is 0 Å². The zero-order chi connectivity index (χ0) is 16.2. The van der Waals surface area contributed by atoms with E-state index < -0.39 is 5.97 Å². The number of hydrogen-bond acceptors (Lipinski definition) is 4. The largest absolute Gasteiger partial charge is 0.482 e. The van der Waals surface area contributed by atoms with Crippen LogP contribution in [0.2, 0.25) is 0 Å². The van der Waals surface area contributed by atoms with E-state index >= 15 is 0 Å². The van der Waals surface area contributed by atoms with Crippen molar-refractivity contribution in [2.75, 3.05) is 6.61 Å². The minimum Gasteiger partial charge on any atom is -0.482 e. The van der Waals surface area contributed by atoms with Gasteiger partial charge in [-0.3, -0.25) is 0 Å². The van der Waals surface area contributed by atoms with Gasteiger partial charge >= 0.3 is 5.97 Å². The number of hydrogen-bond donors (Lipinski definition) is 1. The Morgan fingerprint density at radius 1 is 1.09 bits per heavy atom. The van der Waals surface area contributed by atoms with E-state index in [2.05, 4.69) is 5.16 Å². The zero-order valence-electron chi connectivity index (χ0n) is 12.5. The van der Waals surface area contributed by atoms with Gasteiger partial charge in [0.05, 0.1) is 0 Å². The van der Waals surface area contributed by atoms with Crippen LogP contribution >= 0.6 is 0 Å². The number of aliphatic carboxylic acids is 1. The second-order valence-corrected chi connectivity index (χ2v) is 5.06. The topological polar surface area (TPSA) is 72.6 Å². The fourth-order valence-electron chi connectivity index (χ4n) is 2.32. The second kappa shape index (κ2) is 6.36. The van der Waals surface area contributed by atoms with Crippen molar-refractivity contribution >= 4 is 5.97 Å². The molecule has 0 amide bonds. The molecule has 0 aliphatic carbocycles. The molecule has 0 atom stereocenters. The fraction of sp³-hybridized carbons (Fsp3) is 0.111. The third kappa shape index (κ3) is 3.23. The molecule has 1 aromatic heterocycles. The summed E-state index contributed by atoms with van der Waals surface area (Å²) in [6.45, 7) is 1.60.